The number of nitrogens with zero attached hydrogens (tertiary/aromatic N) is 2. The molecule has 118 valence electrons. The zero-order valence-electron chi connectivity index (χ0n) is 10.9. The molecule has 0 atom stereocenters. The predicted molar refractivity (Wildman–Crippen MR) is 59.8 cm³/mol. The van der Waals surface area contributed by atoms with Gasteiger partial charge in [0.25, 0.3) is 5.91 Å². The van der Waals surface area contributed by atoms with Crippen LogP contribution >= 0.6 is 0 Å². The maximum absolute atomic E-state index is 12.6. The summed E-state index contributed by atoms with van der Waals surface area (Å²) in [6.07, 6.45) is -4.73. The van der Waals surface area contributed by atoms with E-state index in [2.05, 4.69) is 14.6 Å². The SMILES string of the molecule is CON(C)C(=O)c1ccc(OCC(F)(F)C(F)(F)F)nc1. The first-order chi connectivity index (χ1) is 9.58. The molecule has 1 aromatic rings. The Labute approximate surface area is 116 Å². The number of ether oxygens (including phenoxy) is 1. The van der Waals surface area contributed by atoms with E-state index in [1.807, 2.05) is 0 Å². The standard InChI is InChI=1S/C11H11F5N2O3/c1-18(20-2)9(19)7-3-4-8(17-5-7)21-6-10(12,13)11(14,15)16/h3-5H,6H2,1-2H3. The van der Waals surface area contributed by atoms with Crippen molar-refractivity contribution >= 4 is 5.91 Å². The van der Waals surface area contributed by atoms with Gasteiger partial charge in [-0.2, -0.15) is 22.0 Å². The number of carbonyl (C=O) groups is 1. The quantitative estimate of drug-likeness (QED) is 0.618. The van der Waals surface area contributed by atoms with Crippen molar-refractivity contribution in [3.05, 3.63) is 23.9 Å². The molecule has 0 unspecified atom stereocenters. The molecular formula is C11H11F5N2O3. The molecular weight excluding hydrogens is 303 g/mol. The molecule has 21 heavy (non-hydrogen) atoms. The first kappa shape index (κ1) is 17.1. The van der Waals surface area contributed by atoms with Crippen LogP contribution in [-0.2, 0) is 4.84 Å². The maximum atomic E-state index is 12.6. The van der Waals surface area contributed by atoms with Crippen LogP contribution in [0.1, 0.15) is 10.4 Å². The molecule has 1 aromatic heterocycles. The Hall–Kier alpha value is -1.97. The number of hydroxylamine groups is 2. The number of alkyl halides is 5. The Balaban J connectivity index is 2.70. The highest BCUT2D eigenvalue weighted by atomic mass is 19.4. The van der Waals surface area contributed by atoms with Gasteiger partial charge in [-0.3, -0.25) is 9.63 Å². The fraction of sp³-hybridized carbons (Fsp3) is 0.455. The molecule has 0 aromatic carbocycles. The molecule has 0 bridgehead atoms. The lowest BCUT2D eigenvalue weighted by atomic mass is 10.2. The van der Waals surface area contributed by atoms with Crippen LogP contribution in [0.5, 0.6) is 5.88 Å². The summed E-state index contributed by atoms with van der Waals surface area (Å²) in [7, 11) is 2.58. The van der Waals surface area contributed by atoms with Gasteiger partial charge in [0.1, 0.15) is 0 Å². The van der Waals surface area contributed by atoms with Crippen LogP contribution in [0.2, 0.25) is 0 Å². The highest BCUT2D eigenvalue weighted by molar-refractivity contribution is 5.93. The third-order valence-corrected chi connectivity index (χ3v) is 2.36. The predicted octanol–water partition coefficient (Wildman–Crippen LogP) is 2.29. The van der Waals surface area contributed by atoms with Gasteiger partial charge in [0.2, 0.25) is 5.88 Å². The van der Waals surface area contributed by atoms with Crippen LogP contribution in [0.4, 0.5) is 22.0 Å². The van der Waals surface area contributed by atoms with Crippen molar-refractivity contribution in [3.63, 3.8) is 0 Å². The average molecular weight is 314 g/mol. The molecule has 0 aliphatic carbocycles. The fourth-order valence-corrected chi connectivity index (χ4v) is 1.10. The number of rotatable bonds is 5. The number of hydrogen-bond donors (Lipinski definition) is 0. The van der Waals surface area contributed by atoms with Gasteiger partial charge < -0.3 is 4.74 Å². The van der Waals surface area contributed by atoms with E-state index >= 15 is 0 Å². The van der Waals surface area contributed by atoms with Crippen LogP contribution in [-0.4, -0.2) is 48.8 Å². The van der Waals surface area contributed by atoms with E-state index in [1.165, 1.54) is 14.2 Å². The highest BCUT2D eigenvalue weighted by Crippen LogP contribution is 2.35. The number of pyridine rings is 1. The summed E-state index contributed by atoms with van der Waals surface area (Å²) in [6.45, 7) is -1.89. The summed E-state index contributed by atoms with van der Waals surface area (Å²) < 4.78 is 65.3. The van der Waals surface area contributed by atoms with Gasteiger partial charge in [-0.25, -0.2) is 10.0 Å². The van der Waals surface area contributed by atoms with Gasteiger partial charge >= 0.3 is 12.1 Å². The molecule has 0 aliphatic rings. The monoisotopic (exact) mass is 314 g/mol. The Morgan fingerprint density at radius 2 is 1.90 bits per heavy atom. The molecule has 0 aliphatic heterocycles. The lowest BCUT2D eigenvalue weighted by Gasteiger charge is -2.19. The maximum Gasteiger partial charge on any atom is 0.456 e. The Kier molecular flexibility index (Phi) is 5.05. The molecule has 5 nitrogen and oxygen atoms in total. The molecule has 10 heteroatoms. The first-order valence-corrected chi connectivity index (χ1v) is 5.44. The van der Waals surface area contributed by atoms with Gasteiger partial charge in [0.05, 0.1) is 12.7 Å². The normalized spacial score (nSPS) is 12.1. The third-order valence-electron chi connectivity index (χ3n) is 2.36. The van der Waals surface area contributed by atoms with Crippen LogP contribution < -0.4 is 4.74 Å². The topological polar surface area (TPSA) is 51.7 Å². The summed E-state index contributed by atoms with van der Waals surface area (Å²) in [5, 5.41) is 0.884. The van der Waals surface area contributed by atoms with E-state index in [9.17, 15) is 26.7 Å². The smallest absolute Gasteiger partial charge is 0.456 e. The number of amides is 1. The van der Waals surface area contributed by atoms with Gasteiger partial charge in [0.15, 0.2) is 6.61 Å². The van der Waals surface area contributed by atoms with Gasteiger partial charge in [0, 0.05) is 19.3 Å². The van der Waals surface area contributed by atoms with Crippen molar-refractivity contribution < 1.29 is 36.3 Å². The van der Waals surface area contributed by atoms with Crippen molar-refractivity contribution in [2.75, 3.05) is 20.8 Å². The summed E-state index contributed by atoms with van der Waals surface area (Å²) >= 11 is 0. The second kappa shape index (κ2) is 6.20. The Bertz CT molecular complexity index is 490. The zero-order chi connectivity index (χ0) is 16.3. The summed E-state index contributed by atoms with van der Waals surface area (Å²) in [6, 6.07) is 2.16. The van der Waals surface area contributed by atoms with Crippen LogP contribution in [0, 0.1) is 0 Å². The minimum Gasteiger partial charge on any atom is -0.471 e. The number of carbonyl (C=O) groups excluding carboxylic acids is 1. The van der Waals surface area contributed by atoms with Gasteiger partial charge in [-0.15, -0.1) is 0 Å². The molecule has 1 amide bonds. The van der Waals surface area contributed by atoms with E-state index < -0.39 is 30.5 Å². The van der Waals surface area contributed by atoms with Gasteiger partial charge in [-0.05, 0) is 6.07 Å². The van der Waals surface area contributed by atoms with E-state index in [-0.39, 0.29) is 5.56 Å². The summed E-state index contributed by atoms with van der Waals surface area (Å²) in [5.74, 6) is -6.02. The number of halogens is 5. The molecule has 0 saturated carbocycles. The largest absolute Gasteiger partial charge is 0.471 e. The van der Waals surface area contributed by atoms with Gasteiger partial charge in [-0.1, -0.05) is 0 Å². The summed E-state index contributed by atoms with van der Waals surface area (Å²) in [4.78, 5) is 19.7. The Morgan fingerprint density at radius 1 is 1.29 bits per heavy atom. The molecule has 0 radical (unpaired) electrons. The van der Waals surface area contributed by atoms with E-state index in [0.29, 0.717) is 0 Å². The van der Waals surface area contributed by atoms with E-state index in [0.717, 1.165) is 23.4 Å². The minimum atomic E-state index is -5.70. The second-order valence-electron chi connectivity index (χ2n) is 3.86. The summed E-state index contributed by atoms with van der Waals surface area (Å²) in [5.41, 5.74) is 0.0503. The van der Waals surface area contributed by atoms with E-state index in [1.54, 1.807) is 0 Å². The number of hydrogen-bond acceptors (Lipinski definition) is 4. The second-order valence-corrected chi connectivity index (χ2v) is 3.86. The third kappa shape index (κ3) is 4.25. The number of aromatic nitrogens is 1. The Morgan fingerprint density at radius 3 is 2.33 bits per heavy atom. The molecule has 0 saturated heterocycles. The molecule has 1 rings (SSSR count). The molecule has 0 spiro atoms. The average Bonchev–Trinajstić information content (AvgIpc) is 2.43. The van der Waals surface area contributed by atoms with Crippen molar-refractivity contribution in [2.45, 2.75) is 12.1 Å². The van der Waals surface area contributed by atoms with Crippen molar-refractivity contribution in [1.82, 2.24) is 10.0 Å². The molecule has 0 fully saturated rings. The van der Waals surface area contributed by atoms with Crippen LogP contribution in [0.15, 0.2) is 18.3 Å². The van der Waals surface area contributed by atoms with Crippen molar-refractivity contribution in [3.8, 4) is 5.88 Å². The van der Waals surface area contributed by atoms with Crippen LogP contribution in [0.3, 0.4) is 0 Å². The fourth-order valence-electron chi connectivity index (χ4n) is 1.10. The van der Waals surface area contributed by atoms with E-state index in [4.69, 9.17) is 0 Å². The van der Waals surface area contributed by atoms with Crippen LogP contribution in [0.25, 0.3) is 0 Å². The highest BCUT2D eigenvalue weighted by Gasteiger charge is 2.58. The molecule has 1 heterocycles. The molecule has 0 N–H and O–H groups in total. The zero-order valence-corrected chi connectivity index (χ0v) is 10.9. The lowest BCUT2D eigenvalue weighted by Crippen LogP contribution is -2.41. The van der Waals surface area contributed by atoms with Crippen molar-refractivity contribution in [1.29, 1.82) is 0 Å². The van der Waals surface area contributed by atoms with Crippen molar-refractivity contribution in [2.24, 2.45) is 0 Å². The lowest BCUT2D eigenvalue weighted by molar-refractivity contribution is -0.290. The first-order valence-electron chi connectivity index (χ1n) is 5.44. The minimum absolute atomic E-state index is 0.0503.